The lowest BCUT2D eigenvalue weighted by molar-refractivity contribution is 0.102. The van der Waals surface area contributed by atoms with Gasteiger partial charge in [-0.2, -0.15) is 0 Å². The molecule has 0 saturated carbocycles. The summed E-state index contributed by atoms with van der Waals surface area (Å²) in [4.78, 5) is 12.7. The van der Waals surface area contributed by atoms with Gasteiger partial charge < -0.3 is 5.32 Å². The normalized spacial score (nSPS) is 10.4. The van der Waals surface area contributed by atoms with Crippen LogP contribution in [-0.2, 0) is 6.42 Å². The SMILES string of the molecule is CCc1ccsc1C(=O)Nc1cc(F)ccc1Br. The molecule has 0 spiro atoms. The summed E-state index contributed by atoms with van der Waals surface area (Å²) in [6.07, 6.45) is 0.802. The number of carbonyl (C=O) groups is 1. The fourth-order valence-electron chi connectivity index (χ4n) is 1.59. The van der Waals surface area contributed by atoms with Crippen LogP contribution >= 0.6 is 27.3 Å². The second kappa shape index (κ2) is 5.63. The molecule has 94 valence electrons. The zero-order chi connectivity index (χ0) is 13.1. The Kier molecular flexibility index (Phi) is 4.14. The molecule has 2 rings (SSSR count). The highest BCUT2D eigenvalue weighted by Gasteiger charge is 2.13. The van der Waals surface area contributed by atoms with Gasteiger partial charge in [0.25, 0.3) is 5.91 Å². The van der Waals surface area contributed by atoms with Gasteiger partial charge in [0, 0.05) is 4.47 Å². The number of anilines is 1. The van der Waals surface area contributed by atoms with Crippen LogP contribution in [0.5, 0.6) is 0 Å². The maximum absolute atomic E-state index is 13.1. The van der Waals surface area contributed by atoms with Crippen molar-refractivity contribution in [2.75, 3.05) is 5.32 Å². The predicted molar refractivity (Wildman–Crippen MR) is 75.8 cm³/mol. The fourth-order valence-corrected chi connectivity index (χ4v) is 2.82. The van der Waals surface area contributed by atoms with Crippen molar-refractivity contribution in [3.63, 3.8) is 0 Å². The third-order valence-electron chi connectivity index (χ3n) is 2.51. The maximum atomic E-state index is 13.1. The van der Waals surface area contributed by atoms with Crippen LogP contribution < -0.4 is 5.32 Å². The van der Waals surface area contributed by atoms with E-state index in [1.54, 1.807) is 6.07 Å². The number of rotatable bonds is 3. The van der Waals surface area contributed by atoms with E-state index in [1.165, 1.54) is 23.5 Å². The lowest BCUT2D eigenvalue weighted by atomic mass is 10.2. The van der Waals surface area contributed by atoms with Crippen molar-refractivity contribution in [2.24, 2.45) is 0 Å². The lowest BCUT2D eigenvalue weighted by Gasteiger charge is -2.07. The van der Waals surface area contributed by atoms with Gasteiger partial charge in [-0.05, 0) is 57.6 Å². The van der Waals surface area contributed by atoms with Crippen molar-refractivity contribution in [3.05, 3.63) is 50.4 Å². The molecule has 0 fully saturated rings. The maximum Gasteiger partial charge on any atom is 0.266 e. The Morgan fingerprint density at radius 2 is 2.22 bits per heavy atom. The Morgan fingerprint density at radius 1 is 1.44 bits per heavy atom. The van der Waals surface area contributed by atoms with Gasteiger partial charge in [-0.15, -0.1) is 11.3 Å². The molecule has 1 N–H and O–H groups in total. The molecule has 18 heavy (non-hydrogen) atoms. The average Bonchev–Trinajstić information content (AvgIpc) is 2.82. The largest absolute Gasteiger partial charge is 0.320 e. The Labute approximate surface area is 117 Å². The van der Waals surface area contributed by atoms with Crippen molar-refractivity contribution in [3.8, 4) is 0 Å². The van der Waals surface area contributed by atoms with Crippen LogP contribution in [0.2, 0.25) is 0 Å². The molecule has 2 nitrogen and oxygen atoms in total. The van der Waals surface area contributed by atoms with Crippen LogP contribution in [0.3, 0.4) is 0 Å². The van der Waals surface area contributed by atoms with E-state index < -0.39 is 0 Å². The fraction of sp³-hybridized carbons (Fsp3) is 0.154. The number of halogens is 2. The summed E-state index contributed by atoms with van der Waals surface area (Å²) in [7, 11) is 0. The highest BCUT2D eigenvalue weighted by molar-refractivity contribution is 9.10. The van der Waals surface area contributed by atoms with E-state index >= 15 is 0 Å². The first kappa shape index (κ1) is 13.2. The van der Waals surface area contributed by atoms with Crippen molar-refractivity contribution < 1.29 is 9.18 Å². The van der Waals surface area contributed by atoms with E-state index in [9.17, 15) is 9.18 Å². The van der Waals surface area contributed by atoms with E-state index in [-0.39, 0.29) is 11.7 Å². The molecule has 1 heterocycles. The van der Waals surface area contributed by atoms with Crippen LogP contribution in [0.1, 0.15) is 22.2 Å². The van der Waals surface area contributed by atoms with E-state index in [4.69, 9.17) is 0 Å². The third-order valence-corrected chi connectivity index (χ3v) is 4.16. The first-order chi connectivity index (χ1) is 8.61. The predicted octanol–water partition coefficient (Wildman–Crippen LogP) is 4.46. The quantitative estimate of drug-likeness (QED) is 0.885. The molecule has 0 aliphatic heterocycles. The van der Waals surface area contributed by atoms with Gasteiger partial charge in [-0.3, -0.25) is 4.79 Å². The second-order valence-electron chi connectivity index (χ2n) is 3.71. The molecule has 2 aromatic rings. The van der Waals surface area contributed by atoms with Crippen molar-refractivity contribution >= 4 is 38.9 Å². The van der Waals surface area contributed by atoms with Crippen molar-refractivity contribution in [1.29, 1.82) is 0 Å². The minimum atomic E-state index is -0.379. The molecular formula is C13H11BrFNOS. The smallest absolute Gasteiger partial charge is 0.266 e. The van der Waals surface area contributed by atoms with Gasteiger partial charge in [-0.25, -0.2) is 4.39 Å². The summed E-state index contributed by atoms with van der Waals surface area (Å²) >= 11 is 4.67. The molecule has 5 heteroatoms. The Bertz CT molecular complexity index is 582. The number of hydrogen-bond acceptors (Lipinski definition) is 2. The van der Waals surface area contributed by atoms with Gasteiger partial charge >= 0.3 is 0 Å². The second-order valence-corrected chi connectivity index (χ2v) is 5.48. The van der Waals surface area contributed by atoms with Gasteiger partial charge in [0.1, 0.15) is 5.82 Å². The number of carbonyl (C=O) groups excluding carboxylic acids is 1. The summed E-state index contributed by atoms with van der Waals surface area (Å²) in [5.74, 6) is -0.580. The molecule has 0 atom stereocenters. The Balaban J connectivity index is 2.24. The number of nitrogens with one attached hydrogen (secondary N) is 1. The zero-order valence-corrected chi connectivity index (χ0v) is 12.1. The monoisotopic (exact) mass is 327 g/mol. The minimum absolute atomic E-state index is 0.201. The molecule has 1 aromatic heterocycles. The average molecular weight is 328 g/mol. The molecule has 0 aliphatic rings. The summed E-state index contributed by atoms with van der Waals surface area (Å²) < 4.78 is 13.8. The highest BCUT2D eigenvalue weighted by atomic mass is 79.9. The summed E-state index contributed by atoms with van der Waals surface area (Å²) in [6.45, 7) is 2.00. The first-order valence-electron chi connectivity index (χ1n) is 5.44. The zero-order valence-electron chi connectivity index (χ0n) is 9.67. The molecule has 0 saturated heterocycles. The summed E-state index contributed by atoms with van der Waals surface area (Å²) in [5.41, 5.74) is 1.44. The van der Waals surface area contributed by atoms with E-state index in [0.717, 1.165) is 12.0 Å². The van der Waals surface area contributed by atoms with Crippen LogP contribution in [0.15, 0.2) is 34.1 Å². The van der Waals surface area contributed by atoms with Crippen LogP contribution in [0, 0.1) is 5.82 Å². The third kappa shape index (κ3) is 2.79. The van der Waals surface area contributed by atoms with E-state index in [1.807, 2.05) is 18.4 Å². The first-order valence-corrected chi connectivity index (χ1v) is 7.12. The summed E-state index contributed by atoms with van der Waals surface area (Å²) in [5, 5.41) is 4.60. The van der Waals surface area contributed by atoms with Crippen LogP contribution in [0.25, 0.3) is 0 Å². The van der Waals surface area contributed by atoms with Crippen LogP contribution in [0.4, 0.5) is 10.1 Å². The van der Waals surface area contributed by atoms with Gasteiger partial charge in [0.2, 0.25) is 0 Å². The number of aryl methyl sites for hydroxylation is 1. The number of amides is 1. The lowest BCUT2D eigenvalue weighted by Crippen LogP contribution is -2.12. The van der Waals surface area contributed by atoms with Gasteiger partial charge in [0.15, 0.2) is 0 Å². The summed E-state index contributed by atoms with van der Waals surface area (Å²) in [6, 6.07) is 6.13. The minimum Gasteiger partial charge on any atom is -0.320 e. The molecule has 0 bridgehead atoms. The van der Waals surface area contributed by atoms with Gasteiger partial charge in [0.05, 0.1) is 10.6 Å². The molecule has 0 unspecified atom stereocenters. The molecule has 0 radical (unpaired) electrons. The standard InChI is InChI=1S/C13H11BrFNOS/c1-2-8-5-6-18-12(8)13(17)16-11-7-9(15)3-4-10(11)14/h3-7H,2H2,1H3,(H,16,17). The molecule has 1 aromatic carbocycles. The molecule has 0 aliphatic carbocycles. The van der Waals surface area contributed by atoms with E-state index in [0.29, 0.717) is 15.0 Å². The highest BCUT2D eigenvalue weighted by Crippen LogP contribution is 2.25. The van der Waals surface area contributed by atoms with Gasteiger partial charge in [-0.1, -0.05) is 6.92 Å². The van der Waals surface area contributed by atoms with E-state index in [2.05, 4.69) is 21.2 Å². The Hall–Kier alpha value is -1.20. The molecular weight excluding hydrogens is 317 g/mol. The van der Waals surface area contributed by atoms with Crippen molar-refractivity contribution in [1.82, 2.24) is 0 Å². The Morgan fingerprint density at radius 3 is 2.94 bits per heavy atom. The van der Waals surface area contributed by atoms with Crippen molar-refractivity contribution in [2.45, 2.75) is 13.3 Å². The number of hydrogen-bond donors (Lipinski definition) is 1. The number of benzene rings is 1. The topological polar surface area (TPSA) is 29.1 Å². The molecule has 1 amide bonds. The number of thiophene rings is 1. The van der Waals surface area contributed by atoms with Crippen LogP contribution in [-0.4, -0.2) is 5.91 Å².